The number of rotatable bonds is 2. The second-order valence-electron chi connectivity index (χ2n) is 3.81. The quantitative estimate of drug-likeness (QED) is 0.712. The standard InChI is InChI=1S/C12H7BrN2O2S/c13-10-4-7(5-18-10)11(16)6-1-2-8-9(3-6)15-12(17)14-8/h1-5H,(H2,14,15,17). The van der Waals surface area contributed by atoms with Crippen molar-refractivity contribution in [3.05, 3.63) is 55.0 Å². The normalized spacial score (nSPS) is 10.9. The van der Waals surface area contributed by atoms with E-state index in [0.717, 1.165) is 3.79 Å². The Morgan fingerprint density at radius 2 is 1.89 bits per heavy atom. The summed E-state index contributed by atoms with van der Waals surface area (Å²) in [5.41, 5.74) is 2.27. The Balaban J connectivity index is 2.08. The van der Waals surface area contributed by atoms with E-state index in [4.69, 9.17) is 0 Å². The molecule has 4 nitrogen and oxygen atoms in total. The van der Waals surface area contributed by atoms with Crippen molar-refractivity contribution in [2.24, 2.45) is 0 Å². The number of nitrogens with one attached hydrogen (secondary N) is 2. The molecule has 0 saturated heterocycles. The molecule has 0 unspecified atom stereocenters. The summed E-state index contributed by atoms with van der Waals surface area (Å²) in [7, 11) is 0. The predicted octanol–water partition coefficient (Wildman–Crippen LogP) is 2.91. The van der Waals surface area contributed by atoms with Crippen LogP contribution in [0, 0.1) is 0 Å². The minimum atomic E-state index is -0.270. The third-order valence-electron chi connectivity index (χ3n) is 2.61. The van der Waals surface area contributed by atoms with Crippen molar-refractivity contribution in [2.45, 2.75) is 0 Å². The van der Waals surface area contributed by atoms with Crippen LogP contribution < -0.4 is 5.69 Å². The summed E-state index contributed by atoms with van der Waals surface area (Å²) in [4.78, 5) is 28.6. The molecule has 0 amide bonds. The molecule has 0 fully saturated rings. The highest BCUT2D eigenvalue weighted by Gasteiger charge is 2.12. The maximum absolute atomic E-state index is 12.2. The largest absolute Gasteiger partial charge is 0.323 e. The van der Waals surface area contributed by atoms with Crippen molar-refractivity contribution in [3.63, 3.8) is 0 Å². The van der Waals surface area contributed by atoms with Gasteiger partial charge in [0.05, 0.1) is 14.8 Å². The molecule has 2 N–H and O–H groups in total. The van der Waals surface area contributed by atoms with Gasteiger partial charge in [0.1, 0.15) is 0 Å². The molecule has 2 heterocycles. The molecule has 0 radical (unpaired) electrons. The maximum atomic E-state index is 12.2. The average Bonchev–Trinajstić information content (AvgIpc) is 2.92. The summed E-state index contributed by atoms with van der Waals surface area (Å²) < 4.78 is 0.918. The first kappa shape index (κ1) is 11.4. The molecule has 0 saturated carbocycles. The van der Waals surface area contributed by atoms with E-state index in [2.05, 4.69) is 25.9 Å². The van der Waals surface area contributed by atoms with Crippen LogP contribution in [0.3, 0.4) is 0 Å². The highest BCUT2D eigenvalue weighted by Crippen LogP contribution is 2.23. The molecule has 3 rings (SSSR count). The molecule has 0 spiro atoms. The van der Waals surface area contributed by atoms with E-state index >= 15 is 0 Å². The molecular formula is C12H7BrN2O2S. The summed E-state index contributed by atoms with van der Waals surface area (Å²) in [6.45, 7) is 0. The summed E-state index contributed by atoms with van der Waals surface area (Å²) in [6, 6.07) is 6.90. The molecule has 0 bridgehead atoms. The number of thiophene rings is 1. The SMILES string of the molecule is O=C(c1csc(Br)c1)c1ccc2[nH]c(=O)[nH]c2c1. The Labute approximate surface area is 114 Å². The molecule has 18 heavy (non-hydrogen) atoms. The lowest BCUT2D eigenvalue weighted by Gasteiger charge is -1.98. The number of halogens is 1. The van der Waals surface area contributed by atoms with Crippen LogP contribution in [0.5, 0.6) is 0 Å². The van der Waals surface area contributed by atoms with E-state index < -0.39 is 0 Å². The van der Waals surface area contributed by atoms with Gasteiger partial charge in [-0.25, -0.2) is 4.79 Å². The van der Waals surface area contributed by atoms with Crippen LogP contribution in [0.2, 0.25) is 0 Å². The van der Waals surface area contributed by atoms with Gasteiger partial charge in [0, 0.05) is 16.5 Å². The van der Waals surface area contributed by atoms with E-state index in [1.165, 1.54) is 11.3 Å². The molecule has 6 heteroatoms. The van der Waals surface area contributed by atoms with Gasteiger partial charge in [-0.2, -0.15) is 0 Å². The van der Waals surface area contributed by atoms with Crippen molar-refractivity contribution < 1.29 is 4.79 Å². The number of ketones is 1. The van der Waals surface area contributed by atoms with E-state index in [-0.39, 0.29) is 11.5 Å². The van der Waals surface area contributed by atoms with E-state index in [0.29, 0.717) is 22.2 Å². The smallest absolute Gasteiger partial charge is 0.306 e. The third kappa shape index (κ3) is 1.93. The molecule has 1 aromatic carbocycles. The fourth-order valence-electron chi connectivity index (χ4n) is 1.77. The Morgan fingerprint density at radius 3 is 2.61 bits per heavy atom. The van der Waals surface area contributed by atoms with Crippen molar-refractivity contribution >= 4 is 44.1 Å². The number of aromatic nitrogens is 2. The lowest BCUT2D eigenvalue weighted by Crippen LogP contribution is -1.99. The second-order valence-corrected chi connectivity index (χ2v) is 6.10. The Bertz CT molecular complexity index is 800. The molecular weight excluding hydrogens is 316 g/mol. The molecule has 0 aliphatic carbocycles. The molecule has 0 aliphatic rings. The number of benzene rings is 1. The third-order valence-corrected chi connectivity index (χ3v) is 4.11. The Morgan fingerprint density at radius 1 is 1.11 bits per heavy atom. The van der Waals surface area contributed by atoms with Gasteiger partial charge in [-0.3, -0.25) is 4.79 Å². The van der Waals surface area contributed by atoms with Crippen molar-refractivity contribution in [2.75, 3.05) is 0 Å². The number of aromatic amines is 2. The van der Waals surface area contributed by atoms with Crippen LogP contribution in [0.15, 0.2) is 38.2 Å². The fraction of sp³-hybridized carbons (Fsp3) is 0. The first-order valence-electron chi connectivity index (χ1n) is 5.14. The maximum Gasteiger partial charge on any atom is 0.323 e. The van der Waals surface area contributed by atoms with E-state index in [9.17, 15) is 9.59 Å². The van der Waals surface area contributed by atoms with Crippen LogP contribution >= 0.6 is 27.3 Å². The highest BCUT2D eigenvalue weighted by molar-refractivity contribution is 9.11. The minimum absolute atomic E-state index is 0.0547. The van der Waals surface area contributed by atoms with Gasteiger partial charge in [0.15, 0.2) is 5.78 Å². The minimum Gasteiger partial charge on any atom is -0.306 e. The van der Waals surface area contributed by atoms with Gasteiger partial charge in [0.25, 0.3) is 0 Å². The fourth-order valence-corrected chi connectivity index (χ4v) is 2.91. The molecule has 0 atom stereocenters. The first-order chi connectivity index (χ1) is 8.63. The van der Waals surface area contributed by atoms with Crippen molar-refractivity contribution in [1.29, 1.82) is 0 Å². The summed E-state index contributed by atoms with van der Waals surface area (Å²) in [5.74, 6) is -0.0547. The number of hydrogen-bond donors (Lipinski definition) is 2. The number of imidazole rings is 1. The predicted molar refractivity (Wildman–Crippen MR) is 74.4 cm³/mol. The first-order valence-corrected chi connectivity index (χ1v) is 6.81. The zero-order valence-corrected chi connectivity index (χ0v) is 11.4. The van der Waals surface area contributed by atoms with Gasteiger partial charge in [-0.15, -0.1) is 11.3 Å². The molecule has 90 valence electrons. The zero-order chi connectivity index (χ0) is 12.7. The number of carbonyl (C=O) groups excluding carboxylic acids is 1. The lowest BCUT2D eigenvalue weighted by atomic mass is 10.1. The number of fused-ring (bicyclic) bond motifs is 1. The van der Waals surface area contributed by atoms with Crippen molar-refractivity contribution in [1.82, 2.24) is 9.97 Å². The summed E-state index contributed by atoms with van der Waals surface area (Å²) >= 11 is 4.80. The molecule has 3 aromatic rings. The average molecular weight is 323 g/mol. The van der Waals surface area contributed by atoms with Crippen LogP contribution in [0.4, 0.5) is 0 Å². The zero-order valence-electron chi connectivity index (χ0n) is 8.99. The number of carbonyl (C=O) groups is 1. The monoisotopic (exact) mass is 322 g/mol. The number of hydrogen-bond acceptors (Lipinski definition) is 3. The van der Waals surface area contributed by atoms with Gasteiger partial charge < -0.3 is 9.97 Å². The molecule has 2 aromatic heterocycles. The Hall–Kier alpha value is -1.66. The second kappa shape index (κ2) is 4.22. The Kier molecular flexibility index (Phi) is 2.68. The van der Waals surface area contributed by atoms with E-state index in [1.807, 2.05) is 0 Å². The van der Waals surface area contributed by atoms with Gasteiger partial charge in [-0.1, -0.05) is 0 Å². The van der Waals surface area contributed by atoms with Crippen molar-refractivity contribution in [3.8, 4) is 0 Å². The van der Waals surface area contributed by atoms with Crippen LogP contribution in [-0.4, -0.2) is 15.8 Å². The van der Waals surface area contributed by atoms with Crippen LogP contribution in [0.25, 0.3) is 11.0 Å². The highest BCUT2D eigenvalue weighted by atomic mass is 79.9. The summed E-state index contributed by atoms with van der Waals surface area (Å²) in [6.07, 6.45) is 0. The van der Waals surface area contributed by atoms with Crippen LogP contribution in [0.1, 0.15) is 15.9 Å². The van der Waals surface area contributed by atoms with Crippen LogP contribution in [-0.2, 0) is 0 Å². The number of H-pyrrole nitrogens is 2. The summed E-state index contributed by atoms with van der Waals surface area (Å²) in [5, 5.41) is 1.80. The topological polar surface area (TPSA) is 65.7 Å². The van der Waals surface area contributed by atoms with E-state index in [1.54, 1.807) is 29.6 Å². The molecule has 0 aliphatic heterocycles. The lowest BCUT2D eigenvalue weighted by molar-refractivity contribution is 0.103. The van der Waals surface area contributed by atoms with Gasteiger partial charge in [0.2, 0.25) is 0 Å². The van der Waals surface area contributed by atoms with Gasteiger partial charge in [-0.05, 0) is 40.2 Å². The van der Waals surface area contributed by atoms with Gasteiger partial charge >= 0.3 is 5.69 Å².